The normalized spacial score (nSPS) is 18.3. The highest BCUT2D eigenvalue weighted by Crippen LogP contribution is 2.42. The summed E-state index contributed by atoms with van der Waals surface area (Å²) in [6.45, 7) is 4.81. The van der Waals surface area contributed by atoms with E-state index in [4.69, 9.17) is 9.47 Å². The summed E-state index contributed by atoms with van der Waals surface area (Å²) in [4.78, 5) is 39.8. The van der Waals surface area contributed by atoms with Gasteiger partial charge in [-0.25, -0.2) is 18.1 Å². The second-order valence-corrected chi connectivity index (χ2v) is 18.7. The number of pyridine rings is 1. The van der Waals surface area contributed by atoms with E-state index in [0.717, 1.165) is 80.0 Å². The zero-order valence-electron chi connectivity index (χ0n) is 35.9. The van der Waals surface area contributed by atoms with E-state index >= 15 is 0 Å². The van der Waals surface area contributed by atoms with E-state index in [1.54, 1.807) is 24.4 Å². The van der Waals surface area contributed by atoms with Gasteiger partial charge in [-0.05, 0) is 123 Å². The summed E-state index contributed by atoms with van der Waals surface area (Å²) in [6, 6.07) is 29.9. The smallest absolute Gasteiger partial charge is 0.293 e. The van der Waals surface area contributed by atoms with Crippen LogP contribution >= 0.6 is 0 Å². The largest absolute Gasteiger partial charge is 0.455 e. The van der Waals surface area contributed by atoms with Crippen LogP contribution < -0.4 is 24.6 Å². The van der Waals surface area contributed by atoms with Crippen LogP contribution in [0.2, 0.25) is 0 Å². The average Bonchev–Trinajstić information content (AvgIpc) is 4.10. The third-order valence-corrected chi connectivity index (χ3v) is 14.2. The summed E-state index contributed by atoms with van der Waals surface area (Å²) in [5.41, 5.74) is 5.69. The van der Waals surface area contributed by atoms with E-state index in [1.807, 2.05) is 18.2 Å². The van der Waals surface area contributed by atoms with E-state index in [2.05, 4.69) is 85.2 Å². The van der Waals surface area contributed by atoms with Crippen LogP contribution in [0.1, 0.15) is 54.1 Å². The van der Waals surface area contributed by atoms with E-state index in [-0.39, 0.29) is 29.0 Å². The Morgan fingerprint density at radius 1 is 0.969 bits per heavy atom. The third-order valence-electron chi connectivity index (χ3n) is 12.8. The van der Waals surface area contributed by atoms with Gasteiger partial charge in [0, 0.05) is 75.0 Å². The number of sulfonamides is 1. The van der Waals surface area contributed by atoms with Crippen LogP contribution in [0, 0.1) is 16.0 Å². The highest BCUT2D eigenvalue weighted by Gasteiger charge is 2.32. The van der Waals surface area contributed by atoms with Crippen molar-refractivity contribution >= 4 is 49.7 Å². The molecule has 3 saturated heterocycles. The minimum atomic E-state index is -4.57. The zero-order chi connectivity index (χ0) is 44.4. The van der Waals surface area contributed by atoms with Crippen LogP contribution in [-0.2, 0) is 14.8 Å². The fourth-order valence-corrected chi connectivity index (χ4v) is 10.2. The average molecular weight is 885 g/mol. The highest BCUT2D eigenvalue weighted by atomic mass is 32.2. The molecule has 2 aromatic heterocycles. The molecule has 3 N–H and O–H groups in total. The Balaban J connectivity index is 0.970. The molecule has 64 heavy (non-hydrogen) atoms. The number of ether oxygens (including phenoxy) is 2. The van der Waals surface area contributed by atoms with Crippen LogP contribution in [0.5, 0.6) is 11.5 Å². The van der Waals surface area contributed by atoms with Crippen molar-refractivity contribution < 1.29 is 27.6 Å². The fourth-order valence-electron chi connectivity index (χ4n) is 9.26. The Hall–Kier alpha value is -6.49. The number of benzene rings is 4. The van der Waals surface area contributed by atoms with Gasteiger partial charge in [0.05, 0.1) is 27.6 Å². The summed E-state index contributed by atoms with van der Waals surface area (Å²) in [6.07, 6.45) is 8.19. The van der Waals surface area contributed by atoms with Gasteiger partial charge < -0.3 is 34.5 Å². The van der Waals surface area contributed by atoms with Crippen molar-refractivity contribution in [2.75, 3.05) is 68.6 Å². The molecule has 0 aliphatic carbocycles. The van der Waals surface area contributed by atoms with E-state index in [0.29, 0.717) is 37.2 Å². The van der Waals surface area contributed by atoms with Gasteiger partial charge >= 0.3 is 0 Å². The number of aromatic amines is 1. The molecule has 1 unspecified atom stereocenters. The summed E-state index contributed by atoms with van der Waals surface area (Å²) < 4.78 is 41.3. The number of likely N-dealkylation sites (tertiary alicyclic amines) is 1. The van der Waals surface area contributed by atoms with E-state index < -0.39 is 31.4 Å². The molecular weight excluding hydrogens is 833 g/mol. The Bertz CT molecular complexity index is 2770. The number of hydrogen-bond donors (Lipinski definition) is 3. The number of nitro groups is 1. The van der Waals surface area contributed by atoms with Gasteiger partial charge in [0.2, 0.25) is 0 Å². The summed E-state index contributed by atoms with van der Waals surface area (Å²) >= 11 is 0. The molecule has 0 radical (unpaired) electrons. The maximum absolute atomic E-state index is 14.0. The monoisotopic (exact) mass is 884 g/mol. The minimum absolute atomic E-state index is 0.0600. The summed E-state index contributed by atoms with van der Waals surface area (Å²) in [5.74, 6) is -0.269. The number of nitrogens with zero attached hydrogens (tertiary/aromatic N) is 5. The predicted octanol–water partition coefficient (Wildman–Crippen LogP) is 8.37. The maximum atomic E-state index is 14.0. The Morgan fingerprint density at radius 3 is 2.55 bits per heavy atom. The van der Waals surface area contributed by atoms with Gasteiger partial charge in [-0.1, -0.05) is 36.4 Å². The Morgan fingerprint density at radius 2 is 1.77 bits per heavy atom. The molecule has 3 fully saturated rings. The number of carbonyl (C=O) groups is 1. The zero-order valence-corrected chi connectivity index (χ0v) is 36.7. The van der Waals surface area contributed by atoms with E-state index in [1.165, 1.54) is 35.6 Å². The van der Waals surface area contributed by atoms with Crippen molar-refractivity contribution in [1.29, 1.82) is 0 Å². The number of anilines is 3. The summed E-state index contributed by atoms with van der Waals surface area (Å²) in [5, 5.41) is 16.0. The number of H-pyrrole nitrogens is 1. The van der Waals surface area contributed by atoms with Crippen LogP contribution in [0.4, 0.5) is 22.7 Å². The number of likely N-dealkylation sites (N-methyl/N-ethyl adjacent to an activating group) is 2. The number of carbonyl (C=O) groups excluding carboxylic acids is 1. The number of fused-ring (bicyclic) bond motifs is 1. The molecule has 16 heteroatoms. The number of nitrogens with one attached hydrogen (secondary N) is 3. The minimum Gasteiger partial charge on any atom is -0.455 e. The van der Waals surface area contributed by atoms with Crippen LogP contribution in [0.3, 0.4) is 0 Å². The number of para-hydroxylation sites is 1. The van der Waals surface area contributed by atoms with Crippen molar-refractivity contribution in [2.24, 2.45) is 5.92 Å². The Kier molecular flexibility index (Phi) is 12.2. The number of nitro benzene ring substituents is 1. The third kappa shape index (κ3) is 9.12. The number of amides is 1. The first-order valence-electron chi connectivity index (χ1n) is 21.8. The molecule has 0 spiro atoms. The molecule has 2 atom stereocenters. The lowest BCUT2D eigenvalue weighted by Gasteiger charge is -2.34. The van der Waals surface area contributed by atoms with E-state index in [9.17, 15) is 23.3 Å². The molecule has 3 aliphatic heterocycles. The van der Waals surface area contributed by atoms with Crippen molar-refractivity contribution in [1.82, 2.24) is 19.6 Å². The molecule has 6 aromatic rings. The lowest BCUT2D eigenvalue weighted by molar-refractivity contribution is -0.384. The second kappa shape index (κ2) is 18.3. The standard InChI is InChI=1S/C48H52N8O7S/c1-53-23-18-37(31-53)54(2)43-7-4-3-6-40(43)44-8-5-22-55(44)36-12-9-33(10-13-36)34-11-15-41(46(27-34)63-38-26-35-17-21-49-47(35)51-30-38)48(57)52-64(60,61)39-14-16-42(45(28-39)56(58)59)50-29-32-19-24-62-25-20-32/h3-4,6-7,9-17,21,26-28,30,32,37,44,50H,5,8,18-20,22-25,29,31H2,1-2H3,(H,49,51)(H,52,57)/t37?,44-/m1/s1. The van der Waals surface area contributed by atoms with Crippen LogP contribution in [0.15, 0.2) is 114 Å². The lowest BCUT2D eigenvalue weighted by Crippen LogP contribution is -2.35. The second-order valence-electron chi connectivity index (χ2n) is 17.0. The molecule has 1 amide bonds. The van der Waals surface area contributed by atoms with Crippen LogP contribution in [-0.4, -0.2) is 93.6 Å². The molecule has 332 valence electrons. The molecule has 3 aliphatic rings. The molecule has 15 nitrogen and oxygen atoms in total. The number of aromatic nitrogens is 2. The number of rotatable bonds is 14. The van der Waals surface area contributed by atoms with Gasteiger partial charge in [0.25, 0.3) is 21.6 Å². The highest BCUT2D eigenvalue weighted by molar-refractivity contribution is 7.90. The maximum Gasteiger partial charge on any atom is 0.293 e. The fraction of sp³-hybridized carbons (Fsp3) is 0.333. The molecule has 4 aromatic carbocycles. The van der Waals surface area contributed by atoms with Crippen LogP contribution in [0.25, 0.3) is 22.2 Å². The molecule has 5 heterocycles. The van der Waals surface area contributed by atoms with Crippen molar-refractivity contribution in [3.63, 3.8) is 0 Å². The van der Waals surface area contributed by atoms with Gasteiger partial charge in [0.1, 0.15) is 22.8 Å². The van der Waals surface area contributed by atoms with Gasteiger partial charge in [-0.2, -0.15) is 0 Å². The first-order chi connectivity index (χ1) is 31.0. The predicted molar refractivity (Wildman–Crippen MR) is 248 cm³/mol. The first-order valence-corrected chi connectivity index (χ1v) is 23.3. The topological polar surface area (TPSA) is 175 Å². The van der Waals surface area contributed by atoms with Gasteiger partial charge in [-0.15, -0.1) is 0 Å². The van der Waals surface area contributed by atoms with Gasteiger partial charge in [-0.3, -0.25) is 14.9 Å². The molecule has 9 rings (SSSR count). The number of hydrogen-bond acceptors (Lipinski definition) is 12. The molecular formula is C48H52N8O7S. The summed E-state index contributed by atoms with van der Waals surface area (Å²) in [7, 11) is -0.167. The van der Waals surface area contributed by atoms with Gasteiger partial charge in [0.15, 0.2) is 0 Å². The van der Waals surface area contributed by atoms with Crippen molar-refractivity contribution in [3.05, 3.63) is 131 Å². The Labute approximate surface area is 372 Å². The van der Waals surface area contributed by atoms with Crippen molar-refractivity contribution in [3.8, 4) is 22.6 Å². The quantitative estimate of drug-likeness (QED) is 0.0705. The molecule has 0 bridgehead atoms. The first kappa shape index (κ1) is 42.8. The molecule has 0 saturated carbocycles. The van der Waals surface area contributed by atoms with Crippen molar-refractivity contribution in [2.45, 2.75) is 49.1 Å². The lowest BCUT2D eigenvalue weighted by atomic mass is 9.99. The SMILES string of the molecule is CN1CCC(N(C)c2ccccc2[C@H]2CCCN2c2ccc(-c3ccc(C(=O)NS(=O)(=O)c4ccc(NCC5CCOCC5)c([N+](=O)[O-])c4)c(Oc4cnc5[nH]ccc5c4)c3)cc2)C1.